The molecular weight excluding hydrogens is 234 g/mol. The number of ether oxygens (including phenoxy) is 2. The van der Waals surface area contributed by atoms with Crippen LogP contribution in [0.3, 0.4) is 0 Å². The van der Waals surface area contributed by atoms with E-state index in [9.17, 15) is 4.79 Å². The number of aryl methyl sites for hydroxylation is 1. The molecule has 0 radical (unpaired) electrons. The van der Waals surface area contributed by atoms with E-state index >= 15 is 0 Å². The van der Waals surface area contributed by atoms with Crippen molar-refractivity contribution >= 4 is 11.7 Å². The summed E-state index contributed by atoms with van der Waals surface area (Å²) in [6.45, 7) is 2.35. The summed E-state index contributed by atoms with van der Waals surface area (Å²) in [6, 6.07) is 3.74. The Balaban J connectivity index is 3.01. The molecule has 0 heterocycles. The summed E-state index contributed by atoms with van der Waals surface area (Å²) >= 11 is 0. The second-order valence-corrected chi connectivity index (χ2v) is 4.06. The number of carboxylic acid groups (broad SMARTS) is 1. The second-order valence-electron chi connectivity index (χ2n) is 4.06. The van der Waals surface area contributed by atoms with Gasteiger partial charge in [-0.3, -0.25) is 4.79 Å². The average molecular weight is 253 g/mol. The van der Waals surface area contributed by atoms with Gasteiger partial charge in [-0.25, -0.2) is 0 Å². The van der Waals surface area contributed by atoms with Crippen LogP contribution in [0.2, 0.25) is 0 Å². The molecule has 0 saturated heterocycles. The standard InChI is InChI=1S/C13H19NO4/c1-9-7-12(18-4)10(8-11(9)17-3)14(2)6-5-13(15)16/h7-8H,5-6H2,1-4H3,(H,15,16). The van der Waals surface area contributed by atoms with Gasteiger partial charge in [0, 0.05) is 19.7 Å². The van der Waals surface area contributed by atoms with Crippen molar-refractivity contribution in [2.75, 3.05) is 32.7 Å². The van der Waals surface area contributed by atoms with Crippen LogP contribution in [0.15, 0.2) is 12.1 Å². The lowest BCUT2D eigenvalue weighted by molar-refractivity contribution is -0.136. The average Bonchev–Trinajstić information content (AvgIpc) is 2.35. The lowest BCUT2D eigenvalue weighted by atomic mass is 10.1. The van der Waals surface area contributed by atoms with Gasteiger partial charge in [-0.2, -0.15) is 0 Å². The number of hydrogen-bond acceptors (Lipinski definition) is 4. The molecule has 1 aromatic carbocycles. The molecule has 0 atom stereocenters. The third kappa shape index (κ3) is 3.29. The molecule has 0 saturated carbocycles. The number of carbonyl (C=O) groups is 1. The molecular formula is C13H19NO4. The molecule has 0 spiro atoms. The number of aliphatic carboxylic acids is 1. The van der Waals surface area contributed by atoms with E-state index in [1.54, 1.807) is 14.2 Å². The first-order valence-corrected chi connectivity index (χ1v) is 5.65. The summed E-state index contributed by atoms with van der Waals surface area (Å²) in [5.41, 5.74) is 1.80. The van der Waals surface area contributed by atoms with E-state index in [2.05, 4.69) is 0 Å². The van der Waals surface area contributed by atoms with Crippen LogP contribution in [-0.4, -0.2) is 38.9 Å². The first kappa shape index (κ1) is 14.2. The monoisotopic (exact) mass is 253 g/mol. The molecule has 0 amide bonds. The number of anilines is 1. The van der Waals surface area contributed by atoms with Gasteiger partial charge in [0.05, 0.1) is 26.3 Å². The van der Waals surface area contributed by atoms with Crippen LogP contribution in [0, 0.1) is 6.92 Å². The van der Waals surface area contributed by atoms with Crippen LogP contribution in [0.5, 0.6) is 11.5 Å². The zero-order valence-electron chi connectivity index (χ0n) is 11.2. The van der Waals surface area contributed by atoms with Crippen molar-refractivity contribution in [2.45, 2.75) is 13.3 Å². The predicted molar refractivity (Wildman–Crippen MR) is 69.8 cm³/mol. The first-order valence-electron chi connectivity index (χ1n) is 5.65. The normalized spacial score (nSPS) is 10.0. The summed E-state index contributed by atoms with van der Waals surface area (Å²) in [5, 5.41) is 8.70. The number of nitrogens with zero attached hydrogens (tertiary/aromatic N) is 1. The van der Waals surface area contributed by atoms with Crippen molar-refractivity contribution in [3.63, 3.8) is 0 Å². The Morgan fingerprint density at radius 3 is 2.39 bits per heavy atom. The molecule has 1 aromatic rings. The van der Waals surface area contributed by atoms with Gasteiger partial charge in [0.2, 0.25) is 0 Å². The fourth-order valence-corrected chi connectivity index (χ4v) is 1.72. The number of carboxylic acids is 1. The second kappa shape index (κ2) is 6.14. The molecule has 0 aliphatic heterocycles. The summed E-state index contributed by atoms with van der Waals surface area (Å²) in [4.78, 5) is 12.4. The fraction of sp³-hybridized carbons (Fsp3) is 0.462. The van der Waals surface area contributed by atoms with Crippen molar-refractivity contribution in [2.24, 2.45) is 0 Å². The molecule has 0 aliphatic rings. The van der Waals surface area contributed by atoms with Crippen LogP contribution in [0.25, 0.3) is 0 Å². The smallest absolute Gasteiger partial charge is 0.305 e. The van der Waals surface area contributed by atoms with Crippen LogP contribution in [-0.2, 0) is 4.79 Å². The van der Waals surface area contributed by atoms with Gasteiger partial charge in [-0.05, 0) is 18.6 Å². The largest absolute Gasteiger partial charge is 0.496 e. The fourth-order valence-electron chi connectivity index (χ4n) is 1.72. The Morgan fingerprint density at radius 1 is 1.28 bits per heavy atom. The highest BCUT2D eigenvalue weighted by Crippen LogP contribution is 2.34. The Morgan fingerprint density at radius 2 is 1.89 bits per heavy atom. The molecule has 0 aromatic heterocycles. The highest BCUT2D eigenvalue weighted by atomic mass is 16.5. The number of rotatable bonds is 6. The Bertz CT molecular complexity index is 431. The van der Waals surface area contributed by atoms with E-state index in [0.29, 0.717) is 12.3 Å². The maximum absolute atomic E-state index is 10.6. The predicted octanol–water partition coefficient (Wildman–Crippen LogP) is 1.92. The van der Waals surface area contributed by atoms with Crippen molar-refractivity contribution in [3.8, 4) is 11.5 Å². The van der Waals surface area contributed by atoms with Crippen molar-refractivity contribution in [1.29, 1.82) is 0 Å². The van der Waals surface area contributed by atoms with Gasteiger partial charge >= 0.3 is 5.97 Å². The molecule has 0 fully saturated rings. The number of methoxy groups -OCH3 is 2. The Hall–Kier alpha value is -1.91. The van der Waals surface area contributed by atoms with E-state index in [-0.39, 0.29) is 6.42 Å². The minimum atomic E-state index is -0.820. The molecule has 5 nitrogen and oxygen atoms in total. The number of benzene rings is 1. The molecule has 1 N–H and O–H groups in total. The zero-order valence-corrected chi connectivity index (χ0v) is 11.2. The SMILES string of the molecule is COc1cc(N(C)CCC(=O)O)c(OC)cc1C. The highest BCUT2D eigenvalue weighted by molar-refractivity contribution is 5.69. The Kier molecular flexibility index (Phi) is 4.83. The summed E-state index contributed by atoms with van der Waals surface area (Å²) in [6.07, 6.45) is 0.0792. The first-order chi connectivity index (χ1) is 8.49. The molecule has 0 bridgehead atoms. The minimum Gasteiger partial charge on any atom is -0.496 e. The van der Waals surface area contributed by atoms with Gasteiger partial charge in [0.25, 0.3) is 0 Å². The molecule has 100 valence electrons. The summed E-state index contributed by atoms with van der Waals surface area (Å²) in [7, 11) is 5.03. The summed E-state index contributed by atoms with van der Waals surface area (Å²) in [5.74, 6) is 0.647. The minimum absolute atomic E-state index is 0.0792. The molecule has 0 unspecified atom stereocenters. The number of hydrogen-bond donors (Lipinski definition) is 1. The maximum atomic E-state index is 10.6. The van der Waals surface area contributed by atoms with Gasteiger partial charge in [0.15, 0.2) is 0 Å². The molecule has 5 heteroatoms. The van der Waals surface area contributed by atoms with E-state index in [0.717, 1.165) is 17.0 Å². The van der Waals surface area contributed by atoms with Crippen LogP contribution >= 0.6 is 0 Å². The lowest BCUT2D eigenvalue weighted by Gasteiger charge is -2.22. The summed E-state index contributed by atoms with van der Waals surface area (Å²) < 4.78 is 10.6. The van der Waals surface area contributed by atoms with Crippen molar-refractivity contribution in [3.05, 3.63) is 17.7 Å². The maximum Gasteiger partial charge on any atom is 0.305 e. The van der Waals surface area contributed by atoms with Crippen LogP contribution in [0.1, 0.15) is 12.0 Å². The molecule has 18 heavy (non-hydrogen) atoms. The van der Waals surface area contributed by atoms with Crippen molar-refractivity contribution < 1.29 is 19.4 Å². The van der Waals surface area contributed by atoms with Crippen molar-refractivity contribution in [1.82, 2.24) is 0 Å². The van der Waals surface area contributed by atoms with E-state index in [1.165, 1.54) is 0 Å². The quantitative estimate of drug-likeness (QED) is 0.839. The van der Waals surface area contributed by atoms with E-state index in [4.69, 9.17) is 14.6 Å². The van der Waals surface area contributed by atoms with Gasteiger partial charge in [-0.1, -0.05) is 0 Å². The molecule has 0 aliphatic carbocycles. The van der Waals surface area contributed by atoms with Crippen LogP contribution < -0.4 is 14.4 Å². The van der Waals surface area contributed by atoms with E-state index < -0.39 is 5.97 Å². The van der Waals surface area contributed by atoms with Gasteiger partial charge in [-0.15, -0.1) is 0 Å². The third-order valence-corrected chi connectivity index (χ3v) is 2.77. The lowest BCUT2D eigenvalue weighted by Crippen LogP contribution is -2.21. The topological polar surface area (TPSA) is 59.0 Å². The molecule has 1 rings (SSSR count). The third-order valence-electron chi connectivity index (χ3n) is 2.77. The van der Waals surface area contributed by atoms with Gasteiger partial charge < -0.3 is 19.5 Å². The zero-order chi connectivity index (χ0) is 13.7. The Labute approximate surface area is 107 Å². The highest BCUT2D eigenvalue weighted by Gasteiger charge is 2.13. The van der Waals surface area contributed by atoms with Crippen LogP contribution in [0.4, 0.5) is 5.69 Å². The van der Waals surface area contributed by atoms with Gasteiger partial charge in [0.1, 0.15) is 11.5 Å². The van der Waals surface area contributed by atoms with E-state index in [1.807, 2.05) is 31.0 Å².